The normalized spacial score (nSPS) is 24.6. The molecule has 17 heavy (non-hydrogen) atoms. The number of anilines is 1. The van der Waals surface area contributed by atoms with Crippen LogP contribution in [0.25, 0.3) is 0 Å². The Hall–Kier alpha value is -1.03. The Morgan fingerprint density at radius 2 is 2.06 bits per heavy atom. The van der Waals surface area contributed by atoms with Gasteiger partial charge in [-0.1, -0.05) is 0 Å². The molecule has 1 heterocycles. The Labute approximate surface area is 106 Å². The Bertz CT molecular complexity index is 394. The van der Waals surface area contributed by atoms with Gasteiger partial charge >= 0.3 is 5.97 Å². The summed E-state index contributed by atoms with van der Waals surface area (Å²) in [5, 5.41) is 12.4. The minimum atomic E-state index is -0.626. The quantitative estimate of drug-likeness (QED) is 0.899. The number of hydrogen-bond donors (Lipinski definition) is 1. The molecule has 0 aliphatic heterocycles. The molecule has 94 valence electrons. The highest BCUT2D eigenvalue weighted by molar-refractivity contribution is 7.14. The van der Waals surface area contributed by atoms with E-state index in [9.17, 15) is 4.79 Å². The largest absolute Gasteiger partial charge is 0.481 e. The van der Waals surface area contributed by atoms with Crippen molar-refractivity contribution in [2.75, 3.05) is 11.9 Å². The molecule has 1 fully saturated rings. The number of carboxylic acids is 1. The summed E-state index contributed by atoms with van der Waals surface area (Å²) in [4.78, 5) is 13.2. The molecule has 0 unspecified atom stereocenters. The predicted octanol–water partition coefficient (Wildman–Crippen LogP) is 3.14. The molecule has 1 aliphatic rings. The van der Waals surface area contributed by atoms with Gasteiger partial charge in [0.25, 0.3) is 0 Å². The Morgan fingerprint density at radius 3 is 2.53 bits per heavy atom. The van der Waals surface area contributed by atoms with Crippen molar-refractivity contribution in [1.29, 1.82) is 0 Å². The van der Waals surface area contributed by atoms with E-state index in [1.807, 2.05) is 0 Å². The van der Waals surface area contributed by atoms with E-state index >= 15 is 0 Å². The van der Waals surface area contributed by atoms with Crippen LogP contribution in [0.3, 0.4) is 0 Å². The van der Waals surface area contributed by atoms with Crippen molar-refractivity contribution < 1.29 is 9.90 Å². The van der Waals surface area contributed by atoms with Crippen molar-refractivity contribution in [2.24, 2.45) is 5.92 Å². The summed E-state index contributed by atoms with van der Waals surface area (Å²) in [6, 6.07) is 2.64. The van der Waals surface area contributed by atoms with Gasteiger partial charge in [-0.05, 0) is 49.6 Å². The van der Waals surface area contributed by atoms with Gasteiger partial charge < -0.3 is 10.0 Å². The van der Waals surface area contributed by atoms with E-state index in [0.29, 0.717) is 6.04 Å². The van der Waals surface area contributed by atoms with E-state index in [4.69, 9.17) is 5.11 Å². The van der Waals surface area contributed by atoms with Gasteiger partial charge in [-0.15, -0.1) is 11.3 Å². The third-order valence-electron chi connectivity index (χ3n) is 3.75. The van der Waals surface area contributed by atoms with Crippen LogP contribution in [-0.2, 0) is 4.79 Å². The fraction of sp³-hybridized carbons (Fsp3) is 0.615. The molecule has 0 bridgehead atoms. The molecular weight excluding hydrogens is 234 g/mol. The molecule has 0 aromatic carbocycles. The summed E-state index contributed by atoms with van der Waals surface area (Å²) in [6.07, 6.45) is 3.61. The van der Waals surface area contributed by atoms with Gasteiger partial charge in [-0.2, -0.15) is 0 Å². The Balaban J connectivity index is 1.97. The van der Waals surface area contributed by atoms with Gasteiger partial charge in [-0.25, -0.2) is 0 Å². The van der Waals surface area contributed by atoms with E-state index in [1.165, 1.54) is 10.6 Å². The van der Waals surface area contributed by atoms with Crippen LogP contribution in [0, 0.1) is 12.8 Å². The number of carbonyl (C=O) groups is 1. The van der Waals surface area contributed by atoms with Crippen LogP contribution in [-0.4, -0.2) is 24.2 Å². The highest BCUT2D eigenvalue weighted by Crippen LogP contribution is 2.33. The molecule has 1 aromatic rings. The molecule has 2 rings (SSSR count). The van der Waals surface area contributed by atoms with Gasteiger partial charge in [0.15, 0.2) is 0 Å². The zero-order valence-corrected chi connectivity index (χ0v) is 11.2. The van der Waals surface area contributed by atoms with Crippen molar-refractivity contribution in [2.45, 2.75) is 38.6 Å². The van der Waals surface area contributed by atoms with Gasteiger partial charge in [0, 0.05) is 13.1 Å². The van der Waals surface area contributed by atoms with Crippen molar-refractivity contribution in [3.63, 3.8) is 0 Å². The van der Waals surface area contributed by atoms with Crippen LogP contribution in [0.15, 0.2) is 11.4 Å². The molecule has 1 N–H and O–H groups in total. The fourth-order valence-corrected chi connectivity index (χ4v) is 3.57. The lowest BCUT2D eigenvalue weighted by Crippen LogP contribution is -2.36. The average molecular weight is 253 g/mol. The zero-order chi connectivity index (χ0) is 12.4. The van der Waals surface area contributed by atoms with Crippen molar-refractivity contribution in [3.05, 3.63) is 17.0 Å². The third-order valence-corrected chi connectivity index (χ3v) is 4.85. The maximum Gasteiger partial charge on any atom is 0.306 e. The zero-order valence-electron chi connectivity index (χ0n) is 10.3. The molecule has 0 spiro atoms. The Morgan fingerprint density at radius 1 is 1.41 bits per heavy atom. The van der Waals surface area contributed by atoms with Gasteiger partial charge in [0.2, 0.25) is 0 Å². The van der Waals surface area contributed by atoms with E-state index in [0.717, 1.165) is 25.7 Å². The highest BCUT2D eigenvalue weighted by atomic mass is 32.1. The second-order valence-electron chi connectivity index (χ2n) is 4.86. The van der Waals surface area contributed by atoms with Crippen molar-refractivity contribution in [3.8, 4) is 0 Å². The SMILES string of the molecule is Cc1ccsc1N(C)C1CCC(C(=O)O)CC1. The maximum atomic E-state index is 10.9. The first kappa shape index (κ1) is 12.4. The fourth-order valence-electron chi connectivity index (χ4n) is 2.60. The predicted molar refractivity (Wildman–Crippen MR) is 70.8 cm³/mol. The van der Waals surface area contributed by atoms with Crippen LogP contribution < -0.4 is 4.90 Å². The van der Waals surface area contributed by atoms with Crippen LogP contribution >= 0.6 is 11.3 Å². The minimum absolute atomic E-state index is 0.121. The van der Waals surface area contributed by atoms with E-state index in [-0.39, 0.29) is 5.92 Å². The molecule has 0 saturated heterocycles. The number of rotatable bonds is 3. The highest BCUT2D eigenvalue weighted by Gasteiger charge is 2.28. The summed E-state index contributed by atoms with van der Waals surface area (Å²) in [7, 11) is 2.13. The summed E-state index contributed by atoms with van der Waals surface area (Å²) in [5.41, 5.74) is 1.32. The maximum absolute atomic E-state index is 10.9. The molecule has 1 saturated carbocycles. The molecule has 4 heteroatoms. The molecule has 1 aliphatic carbocycles. The standard InChI is InChI=1S/C13H19NO2S/c1-9-7-8-17-12(9)14(2)11-5-3-10(4-6-11)13(15)16/h7-8,10-11H,3-6H2,1-2H3,(H,15,16). The second kappa shape index (κ2) is 5.08. The molecule has 0 radical (unpaired) electrons. The summed E-state index contributed by atoms with van der Waals surface area (Å²) in [6.45, 7) is 2.13. The number of hydrogen-bond acceptors (Lipinski definition) is 3. The average Bonchev–Trinajstić information content (AvgIpc) is 2.74. The summed E-state index contributed by atoms with van der Waals surface area (Å²) < 4.78 is 0. The third kappa shape index (κ3) is 2.63. The summed E-state index contributed by atoms with van der Waals surface area (Å²) in [5.74, 6) is -0.748. The van der Waals surface area contributed by atoms with E-state index in [1.54, 1.807) is 11.3 Å². The smallest absolute Gasteiger partial charge is 0.306 e. The molecule has 1 aromatic heterocycles. The van der Waals surface area contributed by atoms with Crippen LogP contribution in [0.1, 0.15) is 31.2 Å². The van der Waals surface area contributed by atoms with Gasteiger partial charge in [0.1, 0.15) is 0 Å². The minimum Gasteiger partial charge on any atom is -0.481 e. The number of nitrogens with zero attached hydrogens (tertiary/aromatic N) is 1. The molecular formula is C13H19NO2S. The van der Waals surface area contributed by atoms with Crippen LogP contribution in [0.4, 0.5) is 5.00 Å². The van der Waals surface area contributed by atoms with Crippen LogP contribution in [0.2, 0.25) is 0 Å². The van der Waals surface area contributed by atoms with Gasteiger partial charge in [0.05, 0.1) is 10.9 Å². The van der Waals surface area contributed by atoms with Crippen LogP contribution in [0.5, 0.6) is 0 Å². The number of aryl methyl sites for hydroxylation is 1. The van der Waals surface area contributed by atoms with Gasteiger partial charge in [-0.3, -0.25) is 4.79 Å². The number of aliphatic carboxylic acids is 1. The molecule has 0 atom stereocenters. The topological polar surface area (TPSA) is 40.5 Å². The summed E-state index contributed by atoms with van der Waals surface area (Å²) >= 11 is 1.77. The molecule has 0 amide bonds. The lowest BCUT2D eigenvalue weighted by molar-refractivity contribution is -0.142. The first-order valence-electron chi connectivity index (χ1n) is 6.09. The monoisotopic (exact) mass is 253 g/mol. The number of thiophene rings is 1. The van der Waals surface area contributed by atoms with E-state index < -0.39 is 5.97 Å². The van der Waals surface area contributed by atoms with Crippen molar-refractivity contribution >= 4 is 22.3 Å². The number of carboxylic acid groups (broad SMARTS) is 1. The lowest BCUT2D eigenvalue weighted by Gasteiger charge is -2.34. The lowest BCUT2D eigenvalue weighted by atomic mass is 9.85. The second-order valence-corrected chi connectivity index (χ2v) is 5.76. The molecule has 3 nitrogen and oxygen atoms in total. The van der Waals surface area contributed by atoms with Crippen molar-refractivity contribution in [1.82, 2.24) is 0 Å². The van der Waals surface area contributed by atoms with E-state index in [2.05, 4.69) is 30.3 Å². The first-order valence-corrected chi connectivity index (χ1v) is 6.97. The Kier molecular flexibility index (Phi) is 3.72. The first-order chi connectivity index (χ1) is 8.09.